The maximum absolute atomic E-state index is 12.9. The summed E-state index contributed by atoms with van der Waals surface area (Å²) in [6.07, 6.45) is 0. The fourth-order valence-corrected chi connectivity index (χ4v) is 5.15. The van der Waals surface area contributed by atoms with Gasteiger partial charge in [-0.05, 0) is 42.8 Å². The maximum Gasteiger partial charge on any atom is 0.243 e. The summed E-state index contributed by atoms with van der Waals surface area (Å²) in [4.78, 5) is 2.39. The molecule has 0 radical (unpaired) electrons. The highest BCUT2D eigenvalue weighted by molar-refractivity contribution is 7.89. The lowest BCUT2D eigenvalue weighted by Crippen LogP contribution is -2.49. The maximum atomic E-state index is 12.9. The Morgan fingerprint density at radius 1 is 0.897 bits per heavy atom. The lowest BCUT2D eigenvalue weighted by molar-refractivity contribution is 0.383. The molecule has 4 rings (SSSR count). The zero-order chi connectivity index (χ0) is 20.4. The molecule has 1 fully saturated rings. The molecular weight excluding hydrogens is 408 g/mol. The number of halogens is 1. The van der Waals surface area contributed by atoms with Crippen molar-refractivity contribution >= 4 is 27.4 Å². The molecule has 150 valence electrons. The molecule has 1 aliphatic heterocycles. The third-order valence-electron chi connectivity index (χ3n) is 4.99. The van der Waals surface area contributed by atoms with Crippen LogP contribution in [0.4, 0.5) is 5.82 Å². The monoisotopic (exact) mass is 428 g/mol. The Hall–Kier alpha value is -2.48. The molecule has 1 saturated heterocycles. The third-order valence-corrected chi connectivity index (χ3v) is 7.21. The Morgan fingerprint density at radius 2 is 1.66 bits per heavy atom. The number of anilines is 1. The van der Waals surface area contributed by atoms with Crippen LogP contribution >= 0.6 is 11.6 Å². The second kappa shape index (κ2) is 8.10. The molecule has 0 aliphatic carbocycles. The summed E-state index contributed by atoms with van der Waals surface area (Å²) in [5, 5.41) is 9.26. The van der Waals surface area contributed by atoms with Crippen molar-refractivity contribution in [1.82, 2.24) is 14.5 Å². The molecule has 0 amide bonds. The summed E-state index contributed by atoms with van der Waals surface area (Å²) >= 11 is 6.23. The van der Waals surface area contributed by atoms with Gasteiger partial charge in [0.2, 0.25) is 10.0 Å². The van der Waals surface area contributed by atoms with Crippen molar-refractivity contribution < 1.29 is 8.42 Å². The predicted octanol–water partition coefficient (Wildman–Crippen LogP) is 3.62. The minimum atomic E-state index is -3.48. The standard InChI is InChI=1S/C21H21ClN4O2S/c1-16-5-4-6-17(15-16)29(27,28)26-13-11-25(12-14-26)21-10-9-20(23-24-21)18-7-2-3-8-19(18)22/h2-10,15H,11-14H2,1H3. The van der Waals surface area contributed by atoms with Crippen molar-refractivity contribution in [2.45, 2.75) is 11.8 Å². The van der Waals surface area contributed by atoms with Crippen LogP contribution in [0.2, 0.25) is 5.02 Å². The number of hydrogen-bond donors (Lipinski definition) is 0. The molecule has 1 aliphatic rings. The van der Waals surface area contributed by atoms with Gasteiger partial charge in [-0.1, -0.05) is 41.9 Å². The summed E-state index contributed by atoms with van der Waals surface area (Å²) in [6, 6.07) is 18.3. The number of piperazine rings is 1. The molecule has 3 aromatic rings. The van der Waals surface area contributed by atoms with E-state index in [4.69, 9.17) is 11.6 Å². The average molecular weight is 429 g/mol. The number of aryl methyl sites for hydroxylation is 1. The Kier molecular flexibility index (Phi) is 5.54. The van der Waals surface area contributed by atoms with Crippen molar-refractivity contribution in [3.8, 4) is 11.3 Å². The molecule has 1 aromatic heterocycles. The molecule has 0 atom stereocenters. The van der Waals surface area contributed by atoms with Gasteiger partial charge in [-0.15, -0.1) is 10.2 Å². The zero-order valence-electron chi connectivity index (χ0n) is 16.0. The largest absolute Gasteiger partial charge is 0.352 e. The van der Waals surface area contributed by atoms with Crippen LogP contribution in [0.5, 0.6) is 0 Å². The minimum absolute atomic E-state index is 0.342. The van der Waals surface area contributed by atoms with Gasteiger partial charge in [0.15, 0.2) is 5.82 Å². The van der Waals surface area contributed by atoms with Crippen LogP contribution in [0.25, 0.3) is 11.3 Å². The first-order valence-electron chi connectivity index (χ1n) is 9.35. The Morgan fingerprint density at radius 3 is 2.31 bits per heavy atom. The number of benzene rings is 2. The van der Waals surface area contributed by atoms with Gasteiger partial charge in [0.05, 0.1) is 15.6 Å². The lowest BCUT2D eigenvalue weighted by Gasteiger charge is -2.34. The molecule has 0 bridgehead atoms. The van der Waals surface area contributed by atoms with Crippen LogP contribution in [0.15, 0.2) is 65.6 Å². The van der Waals surface area contributed by atoms with Crippen LogP contribution in [-0.4, -0.2) is 49.1 Å². The number of sulfonamides is 1. The van der Waals surface area contributed by atoms with E-state index in [1.807, 2.05) is 54.3 Å². The van der Waals surface area contributed by atoms with Gasteiger partial charge in [0.25, 0.3) is 0 Å². The van der Waals surface area contributed by atoms with E-state index in [-0.39, 0.29) is 0 Å². The molecule has 2 aromatic carbocycles. The highest BCUT2D eigenvalue weighted by Crippen LogP contribution is 2.27. The van der Waals surface area contributed by atoms with E-state index >= 15 is 0 Å². The van der Waals surface area contributed by atoms with E-state index in [2.05, 4.69) is 10.2 Å². The molecule has 0 saturated carbocycles. The Bertz CT molecular complexity index is 1110. The van der Waals surface area contributed by atoms with E-state index < -0.39 is 10.0 Å². The van der Waals surface area contributed by atoms with Crippen molar-refractivity contribution in [2.24, 2.45) is 0 Å². The van der Waals surface area contributed by atoms with Crippen molar-refractivity contribution in [2.75, 3.05) is 31.1 Å². The smallest absolute Gasteiger partial charge is 0.243 e. The molecule has 0 N–H and O–H groups in total. The van der Waals surface area contributed by atoms with Gasteiger partial charge in [0.1, 0.15) is 0 Å². The Balaban J connectivity index is 1.45. The zero-order valence-corrected chi connectivity index (χ0v) is 17.6. The van der Waals surface area contributed by atoms with Crippen LogP contribution in [0.3, 0.4) is 0 Å². The van der Waals surface area contributed by atoms with Gasteiger partial charge in [0, 0.05) is 31.7 Å². The van der Waals surface area contributed by atoms with Crippen LogP contribution in [0.1, 0.15) is 5.56 Å². The number of nitrogens with zero attached hydrogens (tertiary/aromatic N) is 4. The fourth-order valence-electron chi connectivity index (χ4n) is 3.39. The number of hydrogen-bond acceptors (Lipinski definition) is 5. The van der Waals surface area contributed by atoms with E-state index in [1.54, 1.807) is 18.2 Å². The summed E-state index contributed by atoms with van der Waals surface area (Å²) in [5.41, 5.74) is 2.47. The lowest BCUT2D eigenvalue weighted by atomic mass is 10.1. The number of aromatic nitrogens is 2. The van der Waals surface area contributed by atoms with Crippen molar-refractivity contribution in [3.05, 3.63) is 71.2 Å². The molecular formula is C21H21ClN4O2S. The fraction of sp³-hybridized carbons (Fsp3) is 0.238. The van der Waals surface area contributed by atoms with E-state index in [9.17, 15) is 8.42 Å². The van der Waals surface area contributed by atoms with Crippen molar-refractivity contribution in [3.63, 3.8) is 0 Å². The SMILES string of the molecule is Cc1cccc(S(=O)(=O)N2CCN(c3ccc(-c4ccccc4Cl)nn3)CC2)c1. The van der Waals surface area contributed by atoms with Gasteiger partial charge < -0.3 is 4.90 Å². The highest BCUT2D eigenvalue weighted by atomic mass is 35.5. The predicted molar refractivity (Wildman–Crippen MR) is 115 cm³/mol. The minimum Gasteiger partial charge on any atom is -0.352 e. The van der Waals surface area contributed by atoms with E-state index in [0.29, 0.717) is 41.8 Å². The molecule has 29 heavy (non-hydrogen) atoms. The van der Waals surface area contributed by atoms with E-state index in [1.165, 1.54) is 4.31 Å². The van der Waals surface area contributed by atoms with Crippen LogP contribution in [-0.2, 0) is 10.0 Å². The normalized spacial score (nSPS) is 15.4. The molecule has 2 heterocycles. The van der Waals surface area contributed by atoms with Gasteiger partial charge in [-0.3, -0.25) is 0 Å². The first-order chi connectivity index (χ1) is 13.9. The number of rotatable bonds is 4. The quantitative estimate of drug-likeness (QED) is 0.635. The van der Waals surface area contributed by atoms with Gasteiger partial charge in [-0.25, -0.2) is 8.42 Å². The third kappa shape index (κ3) is 4.12. The molecule has 0 unspecified atom stereocenters. The van der Waals surface area contributed by atoms with Gasteiger partial charge >= 0.3 is 0 Å². The summed E-state index contributed by atoms with van der Waals surface area (Å²) in [6.45, 7) is 3.83. The van der Waals surface area contributed by atoms with Gasteiger partial charge in [-0.2, -0.15) is 4.31 Å². The first-order valence-corrected chi connectivity index (χ1v) is 11.2. The molecule has 0 spiro atoms. The second-order valence-electron chi connectivity index (χ2n) is 6.96. The average Bonchev–Trinajstić information content (AvgIpc) is 2.74. The highest BCUT2D eigenvalue weighted by Gasteiger charge is 2.29. The second-order valence-corrected chi connectivity index (χ2v) is 9.31. The first kappa shape index (κ1) is 19.8. The topological polar surface area (TPSA) is 66.4 Å². The summed E-state index contributed by atoms with van der Waals surface area (Å²) in [7, 11) is -3.48. The summed E-state index contributed by atoms with van der Waals surface area (Å²) in [5.74, 6) is 0.730. The Labute approximate surface area is 175 Å². The van der Waals surface area contributed by atoms with Crippen molar-refractivity contribution in [1.29, 1.82) is 0 Å². The summed E-state index contributed by atoms with van der Waals surface area (Å²) < 4.78 is 27.3. The van der Waals surface area contributed by atoms with Crippen LogP contribution < -0.4 is 4.90 Å². The van der Waals surface area contributed by atoms with Crippen LogP contribution in [0, 0.1) is 6.92 Å². The van der Waals surface area contributed by atoms with E-state index in [0.717, 1.165) is 16.9 Å². The molecule has 8 heteroatoms. The molecule has 6 nitrogen and oxygen atoms in total.